The fraction of sp³-hybridized carbons (Fsp3) is 0.111. The minimum atomic E-state index is -0.521. The number of hydrogen-bond donors (Lipinski definition) is 3. The highest BCUT2D eigenvalue weighted by molar-refractivity contribution is 5.90. The Morgan fingerprint density at radius 1 is 1.10 bits per heavy atom. The van der Waals surface area contributed by atoms with Gasteiger partial charge in [0.15, 0.2) is 34.6 Å². The zero-order valence-electron chi connectivity index (χ0n) is 15.0. The van der Waals surface area contributed by atoms with Gasteiger partial charge < -0.3 is 26.7 Å². The Kier molecular flexibility index (Phi) is 3.63. The maximum Gasteiger partial charge on any atom is 0.231 e. The van der Waals surface area contributed by atoms with Crippen molar-refractivity contribution < 1.29 is 13.9 Å². The topological polar surface area (TPSA) is 153 Å². The molecule has 3 aromatic heterocycles. The van der Waals surface area contributed by atoms with Crippen LogP contribution in [-0.4, -0.2) is 31.5 Å². The van der Waals surface area contributed by atoms with Crippen LogP contribution >= 0.6 is 0 Å². The molecule has 0 unspecified atom stereocenters. The first-order valence-corrected chi connectivity index (χ1v) is 8.59. The normalized spacial score (nSPS) is 12.6. The molecular weight excluding hydrogens is 379 g/mol. The van der Waals surface area contributed by atoms with Gasteiger partial charge in [-0.15, -0.1) is 0 Å². The summed E-state index contributed by atoms with van der Waals surface area (Å²) >= 11 is 0. The molecular formula is C18H15FN8O2. The summed E-state index contributed by atoms with van der Waals surface area (Å²) in [6, 6.07) is 6.87. The fourth-order valence-corrected chi connectivity index (χ4v) is 3.20. The van der Waals surface area contributed by atoms with E-state index in [2.05, 4.69) is 20.1 Å². The highest BCUT2D eigenvalue weighted by Crippen LogP contribution is 2.36. The smallest absolute Gasteiger partial charge is 0.231 e. The van der Waals surface area contributed by atoms with Crippen molar-refractivity contribution in [1.29, 1.82) is 0 Å². The third-order valence-corrected chi connectivity index (χ3v) is 4.57. The standard InChI is InChI=1S/C18H15FN8O2/c19-9-4-10-13(17-24-15(21)12(20)16(22)25-17)26-27(18(10)23-5-9)6-8-2-1-3-11-14(8)29-7-28-11/h1-5H,6-7,20H2,(H4,21,22,24,25). The third kappa shape index (κ3) is 2.71. The SMILES string of the molecule is Nc1nc(-c2nn(Cc3cccc4c3OCO4)c3ncc(F)cc23)nc(N)c1N. The Morgan fingerprint density at radius 3 is 2.69 bits per heavy atom. The quantitative estimate of drug-likeness (QED) is 0.469. The summed E-state index contributed by atoms with van der Waals surface area (Å²) in [5.41, 5.74) is 19.0. The molecule has 0 radical (unpaired) electrons. The lowest BCUT2D eigenvalue weighted by atomic mass is 10.2. The van der Waals surface area contributed by atoms with Crippen LogP contribution in [-0.2, 0) is 6.54 Å². The molecule has 4 heterocycles. The van der Waals surface area contributed by atoms with Crippen molar-refractivity contribution >= 4 is 28.4 Å². The van der Waals surface area contributed by atoms with E-state index in [9.17, 15) is 4.39 Å². The number of para-hydroxylation sites is 1. The molecule has 6 N–H and O–H groups in total. The lowest BCUT2D eigenvalue weighted by Gasteiger charge is -2.07. The number of nitrogen functional groups attached to an aromatic ring is 3. The van der Waals surface area contributed by atoms with Crippen LogP contribution < -0.4 is 26.7 Å². The number of anilines is 3. The monoisotopic (exact) mass is 394 g/mol. The molecule has 0 spiro atoms. The molecule has 0 fully saturated rings. The molecule has 1 aliphatic heterocycles. The fourth-order valence-electron chi connectivity index (χ4n) is 3.20. The predicted molar refractivity (Wildman–Crippen MR) is 103 cm³/mol. The maximum atomic E-state index is 13.9. The number of hydrogen-bond acceptors (Lipinski definition) is 9. The molecule has 10 nitrogen and oxygen atoms in total. The molecule has 0 bridgehead atoms. The van der Waals surface area contributed by atoms with Crippen molar-refractivity contribution in [3.63, 3.8) is 0 Å². The van der Waals surface area contributed by atoms with E-state index in [0.29, 0.717) is 29.1 Å². The lowest BCUT2D eigenvalue weighted by molar-refractivity contribution is 0.173. The van der Waals surface area contributed by atoms with Crippen LogP contribution in [0.5, 0.6) is 11.5 Å². The Balaban J connectivity index is 1.68. The Labute approximate surface area is 163 Å². The molecule has 0 amide bonds. The molecule has 0 atom stereocenters. The second kappa shape index (κ2) is 6.19. The molecule has 0 saturated carbocycles. The first-order chi connectivity index (χ1) is 14.0. The number of halogens is 1. The van der Waals surface area contributed by atoms with Crippen LogP contribution in [0.15, 0.2) is 30.5 Å². The Hall–Kier alpha value is -4.15. The number of fused-ring (bicyclic) bond motifs is 2. The number of nitrogens with two attached hydrogens (primary N) is 3. The molecule has 4 aromatic rings. The van der Waals surface area contributed by atoms with Gasteiger partial charge >= 0.3 is 0 Å². The van der Waals surface area contributed by atoms with Crippen LogP contribution in [0.3, 0.4) is 0 Å². The van der Waals surface area contributed by atoms with Crippen molar-refractivity contribution in [3.8, 4) is 23.0 Å². The van der Waals surface area contributed by atoms with Crippen molar-refractivity contribution in [1.82, 2.24) is 24.7 Å². The number of ether oxygens (including phenoxy) is 2. The molecule has 5 rings (SSSR count). The van der Waals surface area contributed by atoms with E-state index in [0.717, 1.165) is 11.8 Å². The zero-order chi connectivity index (χ0) is 20.1. The number of nitrogens with zero attached hydrogens (tertiary/aromatic N) is 5. The van der Waals surface area contributed by atoms with Crippen molar-refractivity contribution in [3.05, 3.63) is 41.8 Å². The summed E-state index contributed by atoms with van der Waals surface area (Å²) in [4.78, 5) is 12.5. The second-order valence-corrected chi connectivity index (χ2v) is 6.41. The van der Waals surface area contributed by atoms with Crippen molar-refractivity contribution in [2.24, 2.45) is 0 Å². The van der Waals surface area contributed by atoms with Gasteiger partial charge in [0.2, 0.25) is 6.79 Å². The molecule has 0 saturated heterocycles. The summed E-state index contributed by atoms with van der Waals surface area (Å²) in [6.45, 7) is 0.459. The van der Waals surface area contributed by atoms with E-state index in [-0.39, 0.29) is 35.6 Å². The van der Waals surface area contributed by atoms with Gasteiger partial charge in [0.25, 0.3) is 0 Å². The average molecular weight is 394 g/mol. The third-order valence-electron chi connectivity index (χ3n) is 4.57. The number of aromatic nitrogens is 5. The van der Waals surface area contributed by atoms with Crippen LogP contribution in [0, 0.1) is 5.82 Å². The van der Waals surface area contributed by atoms with E-state index < -0.39 is 5.82 Å². The first-order valence-electron chi connectivity index (χ1n) is 8.59. The number of benzene rings is 1. The van der Waals surface area contributed by atoms with E-state index in [4.69, 9.17) is 26.7 Å². The van der Waals surface area contributed by atoms with Gasteiger partial charge in [0.05, 0.1) is 18.1 Å². The van der Waals surface area contributed by atoms with Gasteiger partial charge in [-0.1, -0.05) is 12.1 Å². The summed E-state index contributed by atoms with van der Waals surface area (Å²) in [7, 11) is 0. The Morgan fingerprint density at radius 2 is 1.90 bits per heavy atom. The molecule has 0 aliphatic carbocycles. The van der Waals surface area contributed by atoms with Crippen LogP contribution in [0.1, 0.15) is 5.56 Å². The molecule has 1 aromatic carbocycles. The Bertz CT molecular complexity index is 1250. The summed E-state index contributed by atoms with van der Waals surface area (Å²) in [6.07, 6.45) is 1.12. The average Bonchev–Trinajstić information content (AvgIpc) is 3.31. The molecule has 11 heteroatoms. The van der Waals surface area contributed by atoms with E-state index >= 15 is 0 Å². The second-order valence-electron chi connectivity index (χ2n) is 6.41. The van der Waals surface area contributed by atoms with Gasteiger partial charge in [-0.25, -0.2) is 24.0 Å². The van der Waals surface area contributed by atoms with Crippen LogP contribution in [0.4, 0.5) is 21.7 Å². The van der Waals surface area contributed by atoms with E-state index in [1.54, 1.807) is 4.68 Å². The highest BCUT2D eigenvalue weighted by atomic mass is 19.1. The lowest BCUT2D eigenvalue weighted by Crippen LogP contribution is -2.07. The minimum absolute atomic E-state index is 0.0194. The summed E-state index contributed by atoms with van der Waals surface area (Å²) in [5, 5.41) is 4.96. The molecule has 146 valence electrons. The van der Waals surface area contributed by atoms with Gasteiger partial charge in [0.1, 0.15) is 17.2 Å². The van der Waals surface area contributed by atoms with E-state index in [1.807, 2.05) is 18.2 Å². The van der Waals surface area contributed by atoms with Gasteiger partial charge in [-0.2, -0.15) is 5.10 Å². The van der Waals surface area contributed by atoms with Gasteiger partial charge in [0, 0.05) is 5.56 Å². The largest absolute Gasteiger partial charge is 0.454 e. The van der Waals surface area contributed by atoms with E-state index in [1.165, 1.54) is 6.07 Å². The molecule has 29 heavy (non-hydrogen) atoms. The minimum Gasteiger partial charge on any atom is -0.454 e. The number of rotatable bonds is 3. The summed E-state index contributed by atoms with van der Waals surface area (Å²) < 4.78 is 26.5. The maximum absolute atomic E-state index is 13.9. The predicted octanol–water partition coefficient (Wildman–Crippen LogP) is 1.55. The van der Waals surface area contributed by atoms with Gasteiger partial charge in [-0.3, -0.25) is 0 Å². The van der Waals surface area contributed by atoms with Crippen molar-refractivity contribution in [2.45, 2.75) is 6.54 Å². The summed E-state index contributed by atoms with van der Waals surface area (Å²) in [5.74, 6) is 0.935. The number of pyridine rings is 1. The molecule has 1 aliphatic rings. The van der Waals surface area contributed by atoms with Crippen LogP contribution in [0.2, 0.25) is 0 Å². The zero-order valence-corrected chi connectivity index (χ0v) is 15.0. The van der Waals surface area contributed by atoms with Crippen LogP contribution in [0.25, 0.3) is 22.6 Å². The van der Waals surface area contributed by atoms with Gasteiger partial charge in [-0.05, 0) is 12.1 Å². The van der Waals surface area contributed by atoms with Crippen molar-refractivity contribution in [2.75, 3.05) is 24.0 Å². The first kappa shape index (κ1) is 17.0. The highest BCUT2D eigenvalue weighted by Gasteiger charge is 2.22.